The highest BCUT2D eigenvalue weighted by molar-refractivity contribution is 8.00. The lowest BCUT2D eigenvalue weighted by Crippen LogP contribution is -1.49. The van der Waals surface area contributed by atoms with Crippen LogP contribution in [0.4, 0.5) is 0 Å². The van der Waals surface area contributed by atoms with Crippen LogP contribution in [-0.2, 0) is 4.44 Å². The summed E-state index contributed by atoms with van der Waals surface area (Å²) in [5, 5.41) is 0. The van der Waals surface area contributed by atoms with Crippen molar-refractivity contribution >= 4 is 25.5 Å². The predicted molar refractivity (Wildman–Crippen MR) is 24.9 cm³/mol. The molecule has 0 saturated carbocycles. The molecule has 0 aromatic carbocycles. The van der Waals surface area contributed by atoms with Crippen molar-refractivity contribution in [3.8, 4) is 0 Å². The van der Waals surface area contributed by atoms with E-state index in [2.05, 4.69) is 21.4 Å². The Morgan fingerprint density at radius 3 is 2.25 bits per heavy atom. The SMILES string of the molecule is [B]OPP. The molecule has 0 aliphatic carbocycles. The Kier molecular flexibility index (Phi) is 4.74. The largest absolute Gasteiger partial charge is 0.427 e. The van der Waals surface area contributed by atoms with Gasteiger partial charge in [-0.2, -0.15) is 0 Å². The lowest BCUT2D eigenvalue weighted by molar-refractivity contribution is 0.721. The van der Waals surface area contributed by atoms with Crippen molar-refractivity contribution in [1.82, 2.24) is 0 Å². The maximum atomic E-state index is 4.52. The molecule has 2 unspecified atom stereocenters. The van der Waals surface area contributed by atoms with Gasteiger partial charge in [0.25, 0.3) is 8.05 Å². The Bertz CT molecular complexity index is 8.00. The highest BCUT2D eigenvalue weighted by atomic mass is 32.0. The van der Waals surface area contributed by atoms with Gasteiger partial charge in [0, 0.05) is 8.50 Å². The van der Waals surface area contributed by atoms with Crippen molar-refractivity contribution in [2.45, 2.75) is 0 Å². The molecule has 0 saturated heterocycles. The normalized spacial score (nSPS) is 10.2. The molecule has 0 bridgehead atoms. The second kappa shape index (κ2) is 3.88. The first-order valence-electron chi connectivity index (χ1n) is 0.729. The van der Waals surface area contributed by atoms with Crippen LogP contribution >= 0.6 is 17.4 Å². The lowest BCUT2D eigenvalue weighted by Gasteiger charge is -1.76. The summed E-state index contributed by atoms with van der Waals surface area (Å²) >= 11 is 0. The van der Waals surface area contributed by atoms with E-state index in [0.29, 0.717) is 8.50 Å². The minimum atomic E-state index is 0.335. The summed E-state index contributed by atoms with van der Waals surface area (Å²) in [7, 11) is 7.19. The van der Waals surface area contributed by atoms with Crippen LogP contribution in [0.3, 0.4) is 0 Å². The molecule has 2 atom stereocenters. The van der Waals surface area contributed by atoms with Crippen LogP contribution in [0.25, 0.3) is 0 Å². The molecule has 0 N–H and O–H groups in total. The van der Waals surface area contributed by atoms with Gasteiger partial charge in [-0.05, 0) is 0 Å². The Morgan fingerprint density at radius 2 is 2.25 bits per heavy atom. The second-order valence-corrected chi connectivity index (χ2v) is 1.41. The van der Waals surface area contributed by atoms with Gasteiger partial charge in [-0.1, -0.05) is 8.93 Å². The van der Waals surface area contributed by atoms with Gasteiger partial charge >= 0.3 is 0 Å². The average molecular weight is 91.8 g/mol. The van der Waals surface area contributed by atoms with Gasteiger partial charge in [0.1, 0.15) is 0 Å². The molecule has 4 heavy (non-hydrogen) atoms. The maximum Gasteiger partial charge on any atom is 0.289 e. The van der Waals surface area contributed by atoms with E-state index in [1.807, 2.05) is 0 Å². The summed E-state index contributed by atoms with van der Waals surface area (Å²) in [6.07, 6.45) is 0. The van der Waals surface area contributed by atoms with E-state index in [4.69, 9.17) is 0 Å². The molecule has 0 fully saturated rings. The highest BCUT2D eigenvalue weighted by Gasteiger charge is 1.52. The summed E-state index contributed by atoms with van der Waals surface area (Å²) < 4.78 is 4.03. The Morgan fingerprint density at radius 1 is 2.00 bits per heavy atom. The molecule has 0 aromatic heterocycles. The molecule has 0 aromatic rings. The Balaban J connectivity index is 1.97. The first-order chi connectivity index (χ1) is 1.91. The maximum absolute atomic E-state index is 4.52. The van der Waals surface area contributed by atoms with Crippen molar-refractivity contribution in [1.29, 1.82) is 0 Å². The van der Waals surface area contributed by atoms with Crippen molar-refractivity contribution in [2.24, 2.45) is 0 Å². The molecule has 1 nitrogen and oxygen atoms in total. The van der Waals surface area contributed by atoms with Gasteiger partial charge < -0.3 is 4.44 Å². The fraction of sp³-hybridized carbons (Fsp3) is 0. The van der Waals surface area contributed by atoms with Gasteiger partial charge in [0.2, 0.25) is 0 Å². The molecule has 0 spiro atoms. The van der Waals surface area contributed by atoms with Gasteiger partial charge in [-0.25, -0.2) is 0 Å². The Hall–Kier alpha value is 0.885. The van der Waals surface area contributed by atoms with Gasteiger partial charge in [-0.15, -0.1) is 0 Å². The number of hydrogen-bond donors (Lipinski definition) is 0. The van der Waals surface area contributed by atoms with Crippen molar-refractivity contribution in [3.63, 3.8) is 0 Å². The molecular weight excluding hydrogens is 88.8 g/mol. The fourth-order valence-corrected chi connectivity index (χ4v) is 0. The Labute approximate surface area is 30.9 Å². The summed E-state index contributed by atoms with van der Waals surface area (Å²) in [5.74, 6) is 0. The molecule has 0 rings (SSSR count). The average Bonchev–Trinajstić information content (AvgIpc) is 1.37. The number of hydrogen-bond acceptors (Lipinski definition) is 1. The van der Waals surface area contributed by atoms with Gasteiger partial charge in [0.05, 0.1) is 0 Å². The zero-order valence-corrected chi connectivity index (χ0v) is 4.22. The molecule has 4 heteroatoms. The minimum Gasteiger partial charge on any atom is -0.427 e. The molecule has 2 radical (unpaired) electrons. The second-order valence-electron chi connectivity index (χ2n) is 0.236. The van der Waals surface area contributed by atoms with Crippen LogP contribution in [0.1, 0.15) is 0 Å². The van der Waals surface area contributed by atoms with E-state index in [9.17, 15) is 0 Å². The van der Waals surface area contributed by atoms with Crippen LogP contribution in [0.5, 0.6) is 0 Å². The van der Waals surface area contributed by atoms with Crippen LogP contribution in [0, 0.1) is 0 Å². The zero-order chi connectivity index (χ0) is 3.41. The molecular formula is H3BOP2. The van der Waals surface area contributed by atoms with E-state index >= 15 is 0 Å². The van der Waals surface area contributed by atoms with Crippen molar-refractivity contribution in [3.05, 3.63) is 0 Å². The van der Waals surface area contributed by atoms with E-state index in [-0.39, 0.29) is 0 Å². The highest BCUT2D eigenvalue weighted by Crippen LogP contribution is 2.17. The van der Waals surface area contributed by atoms with Crippen molar-refractivity contribution in [2.75, 3.05) is 0 Å². The van der Waals surface area contributed by atoms with Gasteiger partial charge in [-0.3, -0.25) is 0 Å². The fourth-order valence-electron chi connectivity index (χ4n) is 0. The summed E-state index contributed by atoms with van der Waals surface area (Å²) in [6, 6.07) is 0. The molecule has 0 heterocycles. The van der Waals surface area contributed by atoms with E-state index in [1.165, 1.54) is 0 Å². The molecule has 0 aliphatic rings. The predicted octanol–water partition coefficient (Wildman–Crippen LogP) is 0.470. The quantitative estimate of drug-likeness (QED) is 0.337. The standard InChI is InChI=1S/BH3OP2/c1-2-4-3/h4H,3H2. The zero-order valence-electron chi connectivity index (χ0n) is 2.06. The molecule has 0 aliphatic heterocycles. The van der Waals surface area contributed by atoms with Crippen LogP contribution in [0.2, 0.25) is 0 Å². The van der Waals surface area contributed by atoms with Crippen LogP contribution in [-0.4, -0.2) is 8.05 Å². The summed E-state index contributed by atoms with van der Waals surface area (Å²) in [4.78, 5) is 0. The van der Waals surface area contributed by atoms with Crippen LogP contribution < -0.4 is 0 Å². The van der Waals surface area contributed by atoms with E-state index < -0.39 is 0 Å². The van der Waals surface area contributed by atoms with Crippen molar-refractivity contribution < 1.29 is 4.44 Å². The third-order valence-corrected chi connectivity index (χ3v) is 0.612. The van der Waals surface area contributed by atoms with Crippen LogP contribution in [0.15, 0.2) is 0 Å². The lowest BCUT2D eigenvalue weighted by atomic mass is 10.6. The number of rotatable bonds is 1. The van der Waals surface area contributed by atoms with E-state index in [1.54, 1.807) is 0 Å². The summed E-state index contributed by atoms with van der Waals surface area (Å²) in [5.41, 5.74) is 0. The first kappa shape index (κ1) is 4.88. The monoisotopic (exact) mass is 92.0 g/mol. The van der Waals surface area contributed by atoms with E-state index in [0.717, 1.165) is 0 Å². The minimum absolute atomic E-state index is 0.335. The topological polar surface area (TPSA) is 9.23 Å². The van der Waals surface area contributed by atoms with Gasteiger partial charge in [0.15, 0.2) is 0 Å². The third kappa shape index (κ3) is 2.88. The molecule has 22 valence electrons. The molecule has 0 amide bonds. The third-order valence-electron chi connectivity index (χ3n) is 0.0680. The smallest absolute Gasteiger partial charge is 0.289 e. The first-order valence-corrected chi connectivity index (χ1v) is 3.45. The summed E-state index contributed by atoms with van der Waals surface area (Å²) in [6.45, 7) is 0.